The lowest BCUT2D eigenvalue weighted by molar-refractivity contribution is -0.457. The van der Waals surface area contributed by atoms with Crippen molar-refractivity contribution in [2.45, 2.75) is 54.5 Å². The third-order valence-electron chi connectivity index (χ3n) is 5.12. The number of methoxy groups -OCH3 is 2. The summed E-state index contributed by atoms with van der Waals surface area (Å²) in [4.78, 5) is 23.3. The first-order chi connectivity index (χ1) is 17.5. The molecule has 0 aromatic heterocycles. The molecule has 0 radical (unpaired) electrons. The molecule has 0 spiro atoms. The molecule has 0 aliphatic heterocycles. The first-order valence-electron chi connectivity index (χ1n) is 9.55. The third kappa shape index (κ3) is 4.94. The number of hydrogen-bond acceptors (Lipinski definition) is 5. The maximum Gasteiger partial charge on any atom is 0.460 e. The van der Waals surface area contributed by atoms with Gasteiger partial charge in [-0.05, 0) is 25.1 Å². The summed E-state index contributed by atoms with van der Waals surface area (Å²) >= 11 is 0. The highest BCUT2D eigenvalue weighted by Gasteiger charge is 2.94. The average molecular weight is 624 g/mol. The number of carbonyl (C=O) groups excluding carboxylic acids is 2. The Morgan fingerprint density at radius 2 is 1.00 bits per heavy atom. The van der Waals surface area contributed by atoms with Crippen LogP contribution in [0.25, 0.3) is 0 Å². The van der Waals surface area contributed by atoms with Crippen molar-refractivity contribution in [2.75, 3.05) is 14.2 Å². The molecule has 0 N–H and O–H groups in total. The van der Waals surface area contributed by atoms with E-state index in [1.807, 2.05) is 0 Å². The molecule has 1 rings (SSSR count). The molecule has 0 fully saturated rings. The molecule has 0 saturated carbocycles. The van der Waals surface area contributed by atoms with Crippen LogP contribution in [0.5, 0.6) is 5.75 Å². The molecular weight excluding hydrogens is 612 g/mol. The van der Waals surface area contributed by atoms with Gasteiger partial charge >= 0.3 is 53.8 Å². The summed E-state index contributed by atoms with van der Waals surface area (Å²) in [6.45, 7) is -1.39. The maximum absolute atomic E-state index is 14.7. The summed E-state index contributed by atoms with van der Waals surface area (Å²) in [6.07, 6.45) is -14.4. The monoisotopic (exact) mass is 624 g/mol. The number of esters is 2. The zero-order valence-corrected chi connectivity index (χ0v) is 19.3. The van der Waals surface area contributed by atoms with Crippen molar-refractivity contribution in [1.29, 1.82) is 0 Å². The topological polar surface area (TPSA) is 61.8 Å². The highest BCUT2D eigenvalue weighted by atomic mass is 19.4. The summed E-state index contributed by atoms with van der Waals surface area (Å²) in [5.41, 5.74) is -8.87. The standard InChI is InChI=1S/C19H12F16O5/c1-12(20,13(21,22)14(23,24)15(25,26)16(27,28)17(29,30)18(31,32)33)19(34,35)40-9-6-7(10(36)38-2)4-5-8(9)11(37)39-3/h4-6H,1-3H3. The van der Waals surface area contributed by atoms with Crippen LogP contribution in [0.2, 0.25) is 0 Å². The van der Waals surface area contributed by atoms with Gasteiger partial charge in [0.15, 0.2) is 0 Å². The molecule has 1 atom stereocenters. The molecule has 0 aliphatic rings. The first kappa shape index (κ1) is 34.9. The molecule has 1 aromatic carbocycles. The number of hydrogen-bond donors (Lipinski definition) is 0. The van der Waals surface area contributed by atoms with E-state index in [0.29, 0.717) is 26.4 Å². The van der Waals surface area contributed by atoms with Crippen LogP contribution in [0, 0.1) is 0 Å². The van der Waals surface area contributed by atoms with Gasteiger partial charge in [0.2, 0.25) is 0 Å². The van der Waals surface area contributed by atoms with E-state index in [2.05, 4.69) is 14.2 Å². The zero-order chi connectivity index (χ0) is 32.1. The predicted molar refractivity (Wildman–Crippen MR) is 95.0 cm³/mol. The van der Waals surface area contributed by atoms with Gasteiger partial charge in [-0.3, -0.25) is 0 Å². The van der Waals surface area contributed by atoms with Crippen LogP contribution in [-0.2, 0) is 9.47 Å². The van der Waals surface area contributed by atoms with Crippen LogP contribution in [0.3, 0.4) is 0 Å². The van der Waals surface area contributed by atoms with Gasteiger partial charge in [-0.1, -0.05) is 0 Å². The number of ether oxygens (including phenoxy) is 3. The fourth-order valence-corrected chi connectivity index (χ4v) is 2.61. The van der Waals surface area contributed by atoms with E-state index in [-0.39, 0.29) is 6.07 Å². The number of benzene rings is 1. The van der Waals surface area contributed by atoms with E-state index in [1.54, 1.807) is 0 Å². The summed E-state index contributed by atoms with van der Waals surface area (Å²) in [5.74, 6) is -46.7. The lowest BCUT2D eigenvalue weighted by Crippen LogP contribution is -2.75. The molecule has 0 bridgehead atoms. The van der Waals surface area contributed by atoms with Gasteiger partial charge < -0.3 is 14.2 Å². The van der Waals surface area contributed by atoms with Gasteiger partial charge in [0.1, 0.15) is 11.3 Å². The highest BCUT2D eigenvalue weighted by molar-refractivity contribution is 5.96. The second-order valence-electron chi connectivity index (χ2n) is 7.69. The van der Waals surface area contributed by atoms with Crippen molar-refractivity contribution in [2.24, 2.45) is 0 Å². The summed E-state index contributed by atoms with van der Waals surface area (Å²) < 4.78 is 229. The second-order valence-corrected chi connectivity index (χ2v) is 7.69. The summed E-state index contributed by atoms with van der Waals surface area (Å²) in [7, 11) is 1.25. The van der Waals surface area contributed by atoms with Crippen molar-refractivity contribution in [3.63, 3.8) is 0 Å². The van der Waals surface area contributed by atoms with Crippen LogP contribution in [0.4, 0.5) is 70.2 Å². The number of alkyl halides is 16. The van der Waals surface area contributed by atoms with Gasteiger partial charge in [0.25, 0.3) is 5.67 Å². The maximum atomic E-state index is 14.7. The Balaban J connectivity index is 3.77. The van der Waals surface area contributed by atoms with Crippen LogP contribution in [-0.4, -0.2) is 73.7 Å². The fourth-order valence-electron chi connectivity index (χ4n) is 2.61. The van der Waals surface area contributed by atoms with Crippen molar-refractivity contribution in [3.05, 3.63) is 29.3 Å². The Kier molecular flexibility index (Phi) is 8.75. The van der Waals surface area contributed by atoms with E-state index < -0.39 is 83.3 Å². The van der Waals surface area contributed by atoms with Crippen LogP contribution < -0.4 is 4.74 Å². The van der Waals surface area contributed by atoms with E-state index in [0.717, 1.165) is 0 Å². The predicted octanol–water partition coefficient (Wildman–Crippen LogP) is 6.70. The minimum atomic E-state index is -8.58. The van der Waals surface area contributed by atoms with Gasteiger partial charge in [-0.2, -0.15) is 65.9 Å². The molecule has 40 heavy (non-hydrogen) atoms. The first-order valence-corrected chi connectivity index (χ1v) is 9.55. The van der Waals surface area contributed by atoms with E-state index in [9.17, 15) is 79.8 Å². The van der Waals surface area contributed by atoms with Crippen molar-refractivity contribution >= 4 is 11.9 Å². The summed E-state index contributed by atoms with van der Waals surface area (Å²) in [5, 5.41) is 0. The Labute approximate surface area is 210 Å². The van der Waals surface area contributed by atoms with Crippen molar-refractivity contribution < 1.29 is 94.0 Å². The minimum absolute atomic E-state index is 0.00496. The van der Waals surface area contributed by atoms with Gasteiger partial charge in [-0.25, -0.2) is 14.0 Å². The molecule has 230 valence electrons. The second kappa shape index (κ2) is 10.0. The Morgan fingerprint density at radius 1 is 0.600 bits per heavy atom. The van der Waals surface area contributed by atoms with E-state index in [1.165, 1.54) is 0 Å². The number of carbonyl (C=O) groups is 2. The smallest absolute Gasteiger partial charge is 0.460 e. The molecule has 0 aliphatic carbocycles. The van der Waals surface area contributed by atoms with Crippen LogP contribution in [0.15, 0.2) is 18.2 Å². The molecule has 5 nitrogen and oxygen atoms in total. The quantitative estimate of drug-likeness (QED) is 0.214. The third-order valence-corrected chi connectivity index (χ3v) is 5.12. The molecule has 1 unspecified atom stereocenters. The lowest BCUT2D eigenvalue weighted by atomic mass is 9.85. The van der Waals surface area contributed by atoms with Crippen LogP contribution >= 0.6 is 0 Å². The fraction of sp³-hybridized carbons (Fsp3) is 0.579. The Bertz CT molecular complexity index is 1130. The molecule has 0 saturated heterocycles. The zero-order valence-electron chi connectivity index (χ0n) is 19.3. The van der Waals surface area contributed by atoms with Crippen molar-refractivity contribution in [3.8, 4) is 5.75 Å². The Hall–Kier alpha value is -3.16. The molecule has 21 heteroatoms. The summed E-state index contributed by atoms with van der Waals surface area (Å²) in [6, 6.07) is 0.967. The minimum Gasteiger partial charge on any atom is -0.465 e. The largest absolute Gasteiger partial charge is 0.465 e. The van der Waals surface area contributed by atoms with Gasteiger partial charge in [-0.15, -0.1) is 0 Å². The molecular formula is C19H12F16O5. The molecule has 0 amide bonds. The average Bonchev–Trinajstić information content (AvgIpc) is 2.81. The van der Waals surface area contributed by atoms with Gasteiger partial charge in [0, 0.05) is 0 Å². The van der Waals surface area contributed by atoms with Gasteiger partial charge in [0.05, 0.1) is 19.8 Å². The number of rotatable bonds is 10. The van der Waals surface area contributed by atoms with Crippen molar-refractivity contribution in [1.82, 2.24) is 0 Å². The molecule has 0 heterocycles. The molecule has 1 aromatic rings. The SMILES string of the molecule is COC(=O)c1ccc(C(=O)OC)c(OC(F)(F)C(C)(F)C(F)(F)C(F)(F)C(F)(F)C(F)(F)C(F)(F)C(F)(F)F)c1. The highest BCUT2D eigenvalue weighted by Crippen LogP contribution is 2.63. The normalized spacial score (nSPS) is 15.8. The van der Waals surface area contributed by atoms with Crippen LogP contribution in [0.1, 0.15) is 27.6 Å². The number of halogens is 16. The van der Waals surface area contributed by atoms with E-state index >= 15 is 0 Å². The Morgan fingerprint density at radius 3 is 1.40 bits per heavy atom. The lowest BCUT2D eigenvalue weighted by Gasteiger charge is -2.44. The van der Waals surface area contributed by atoms with E-state index in [4.69, 9.17) is 0 Å².